The molecule has 0 aliphatic rings. The minimum Gasteiger partial charge on any atom is -0.493 e. The maximum absolute atomic E-state index is 13.5. The minimum atomic E-state index is -1.77. The first-order chi connectivity index (χ1) is 20.6. The number of hydrogen-bond donors (Lipinski definition) is 3. The van der Waals surface area contributed by atoms with Crippen LogP contribution in [0, 0.1) is 5.92 Å². The molecule has 1 unspecified atom stereocenters. The van der Waals surface area contributed by atoms with Crippen LogP contribution in [-0.4, -0.2) is 65.4 Å². The normalized spacial score (nSPS) is 12.4. The lowest BCUT2D eigenvalue weighted by Crippen LogP contribution is -2.53. The van der Waals surface area contributed by atoms with Crippen LogP contribution in [0.2, 0.25) is 0 Å². The van der Waals surface area contributed by atoms with Crippen molar-refractivity contribution in [1.29, 1.82) is 0 Å². The van der Waals surface area contributed by atoms with E-state index in [4.69, 9.17) is 9.47 Å². The number of aliphatic hydroxyl groups excluding tert-OH is 1. The highest BCUT2D eigenvalue weighted by Gasteiger charge is 2.29. The fourth-order valence-electron chi connectivity index (χ4n) is 4.72. The molecule has 2 atom stereocenters. The molecule has 0 aliphatic carbocycles. The first-order valence-electron chi connectivity index (χ1n) is 14.0. The van der Waals surface area contributed by atoms with Crippen LogP contribution in [-0.2, 0) is 16.0 Å². The molecule has 0 heterocycles. The average Bonchev–Trinajstić information content (AvgIpc) is 3.00. The molecule has 0 radical (unpaired) electrons. The zero-order valence-electron chi connectivity index (χ0n) is 24.4. The Morgan fingerprint density at radius 1 is 0.814 bits per heavy atom. The fourth-order valence-corrected chi connectivity index (χ4v) is 4.72. The van der Waals surface area contributed by atoms with Crippen LogP contribution in [0.4, 0.5) is 4.79 Å². The van der Waals surface area contributed by atoms with Gasteiger partial charge in [0.1, 0.15) is 6.04 Å². The summed E-state index contributed by atoms with van der Waals surface area (Å²) >= 11 is 0. The van der Waals surface area contributed by atoms with Gasteiger partial charge in [-0.05, 0) is 51.6 Å². The monoisotopic (exact) mass is 584 g/mol. The molecule has 0 aliphatic heterocycles. The van der Waals surface area contributed by atoms with Crippen LogP contribution >= 0.6 is 0 Å². The van der Waals surface area contributed by atoms with Crippen molar-refractivity contribution in [2.75, 3.05) is 20.2 Å². The van der Waals surface area contributed by atoms with Crippen molar-refractivity contribution >= 4 is 28.7 Å². The largest absolute Gasteiger partial charge is 0.493 e. The number of rotatable bonds is 12. The van der Waals surface area contributed by atoms with Crippen LogP contribution in [0.25, 0.3) is 21.9 Å². The zero-order valence-corrected chi connectivity index (χ0v) is 24.4. The summed E-state index contributed by atoms with van der Waals surface area (Å²) in [5, 5.41) is 24.1. The van der Waals surface area contributed by atoms with Crippen molar-refractivity contribution in [3.8, 4) is 22.6 Å². The number of benzene rings is 4. The summed E-state index contributed by atoms with van der Waals surface area (Å²) in [6.07, 6.45) is -1.67. The molecule has 3 N–H and O–H groups in total. The molecule has 0 fully saturated rings. The molecule has 2 amide bonds. The predicted molar refractivity (Wildman–Crippen MR) is 164 cm³/mol. The van der Waals surface area contributed by atoms with Crippen molar-refractivity contribution < 1.29 is 34.1 Å². The van der Waals surface area contributed by atoms with Gasteiger partial charge in [-0.25, -0.2) is 14.4 Å². The van der Waals surface area contributed by atoms with E-state index in [2.05, 4.69) is 35.6 Å². The number of hydrogen-bond acceptors (Lipinski definition) is 6. The Morgan fingerprint density at radius 2 is 1.44 bits per heavy atom. The molecule has 4 aromatic rings. The molecule has 43 heavy (non-hydrogen) atoms. The van der Waals surface area contributed by atoms with Gasteiger partial charge >= 0.3 is 18.0 Å². The van der Waals surface area contributed by atoms with E-state index in [-0.39, 0.29) is 24.6 Å². The maximum Gasteiger partial charge on any atom is 0.334 e. The number of aliphatic hydroxyl groups is 1. The third-order valence-electron chi connectivity index (χ3n) is 6.89. The number of nitrogens with one attached hydrogen (secondary N) is 1. The van der Waals surface area contributed by atoms with Gasteiger partial charge in [0.05, 0.1) is 13.7 Å². The standard InChI is InChI=1S/C34H36N2O7/c1-22(2)20-36(21-29(37)32(38)39)34(41)35-28(33(40)43-31-11-7-6-10-30(31)42-3)18-23-12-14-25(15-13-23)27-17-16-24-8-4-5-9-26(24)19-27/h4-17,19,22,28-29,37H,18,20-21H2,1-3H3,(H,35,41)(H,38,39)/t28-,29?/m0/s1. The number of carbonyl (C=O) groups is 3. The summed E-state index contributed by atoms with van der Waals surface area (Å²) in [5.74, 6) is -1.64. The van der Waals surface area contributed by atoms with E-state index < -0.39 is 36.7 Å². The lowest BCUT2D eigenvalue weighted by molar-refractivity contribution is -0.147. The van der Waals surface area contributed by atoms with E-state index in [0.717, 1.165) is 27.5 Å². The van der Waals surface area contributed by atoms with Crippen LogP contribution in [0.5, 0.6) is 11.5 Å². The maximum atomic E-state index is 13.5. The molecule has 0 saturated carbocycles. The molecule has 0 aromatic heterocycles. The number of carboxylic acids is 1. The highest BCUT2D eigenvalue weighted by Crippen LogP contribution is 2.27. The molecule has 0 saturated heterocycles. The lowest BCUT2D eigenvalue weighted by atomic mass is 9.98. The van der Waals surface area contributed by atoms with Crippen molar-refractivity contribution in [3.63, 3.8) is 0 Å². The molecule has 4 rings (SSSR count). The van der Waals surface area contributed by atoms with Gasteiger partial charge in [-0.1, -0.05) is 86.6 Å². The molecule has 9 heteroatoms. The number of fused-ring (bicyclic) bond motifs is 1. The minimum absolute atomic E-state index is 0.0200. The van der Waals surface area contributed by atoms with Gasteiger partial charge in [0.15, 0.2) is 17.6 Å². The second-order valence-corrected chi connectivity index (χ2v) is 10.7. The SMILES string of the molecule is COc1ccccc1OC(=O)[C@H](Cc1ccc(-c2ccc3ccccc3c2)cc1)NC(=O)N(CC(C)C)CC(O)C(=O)O. The van der Waals surface area contributed by atoms with Crippen LogP contribution < -0.4 is 14.8 Å². The highest BCUT2D eigenvalue weighted by molar-refractivity contribution is 5.88. The summed E-state index contributed by atoms with van der Waals surface area (Å²) in [6.45, 7) is 3.45. The van der Waals surface area contributed by atoms with E-state index in [1.165, 1.54) is 12.0 Å². The predicted octanol–water partition coefficient (Wildman–Crippen LogP) is 5.15. The van der Waals surface area contributed by atoms with E-state index >= 15 is 0 Å². The Hall–Kier alpha value is -4.89. The molecular formula is C34H36N2O7. The third kappa shape index (κ3) is 8.33. The third-order valence-corrected chi connectivity index (χ3v) is 6.89. The second kappa shape index (κ2) is 14.3. The average molecular weight is 585 g/mol. The van der Waals surface area contributed by atoms with Crippen molar-refractivity contribution in [3.05, 3.63) is 96.6 Å². The zero-order chi connectivity index (χ0) is 30.9. The smallest absolute Gasteiger partial charge is 0.334 e. The quantitative estimate of drug-likeness (QED) is 0.155. The number of amides is 2. The molecule has 0 spiro atoms. The number of nitrogens with zero attached hydrogens (tertiary/aromatic N) is 1. The number of carboxylic acid groups (broad SMARTS) is 1. The number of ether oxygens (including phenoxy) is 2. The van der Waals surface area contributed by atoms with E-state index in [0.29, 0.717) is 5.75 Å². The number of methoxy groups -OCH3 is 1. The summed E-state index contributed by atoms with van der Waals surface area (Å²) in [6, 6.07) is 26.9. The topological polar surface area (TPSA) is 125 Å². The van der Waals surface area contributed by atoms with Gasteiger partial charge in [0.2, 0.25) is 0 Å². The van der Waals surface area contributed by atoms with Crippen LogP contribution in [0.3, 0.4) is 0 Å². The van der Waals surface area contributed by atoms with Gasteiger partial charge in [-0.3, -0.25) is 0 Å². The second-order valence-electron chi connectivity index (χ2n) is 10.7. The highest BCUT2D eigenvalue weighted by atomic mass is 16.6. The molecule has 224 valence electrons. The summed E-state index contributed by atoms with van der Waals surface area (Å²) in [7, 11) is 1.46. The van der Waals surface area contributed by atoms with Gasteiger partial charge < -0.3 is 29.9 Å². The molecule has 4 aromatic carbocycles. The van der Waals surface area contributed by atoms with Crippen molar-refractivity contribution in [1.82, 2.24) is 10.2 Å². The Bertz CT molecular complexity index is 1570. The van der Waals surface area contributed by atoms with Gasteiger partial charge in [0, 0.05) is 13.0 Å². The summed E-state index contributed by atoms with van der Waals surface area (Å²) in [5.41, 5.74) is 2.82. The summed E-state index contributed by atoms with van der Waals surface area (Å²) in [4.78, 5) is 39.3. The number of aliphatic carboxylic acids is 1. The Balaban J connectivity index is 1.57. The van der Waals surface area contributed by atoms with E-state index in [1.807, 2.05) is 50.2 Å². The number of para-hydroxylation sites is 2. The number of esters is 1. The Morgan fingerprint density at radius 3 is 2.09 bits per heavy atom. The van der Waals surface area contributed by atoms with Crippen LogP contribution in [0.1, 0.15) is 19.4 Å². The number of urea groups is 1. The first kappa shape index (κ1) is 31.1. The number of carbonyl (C=O) groups excluding carboxylic acids is 2. The van der Waals surface area contributed by atoms with Crippen LogP contribution in [0.15, 0.2) is 91.0 Å². The Labute approximate surface area is 250 Å². The van der Waals surface area contributed by atoms with E-state index in [9.17, 15) is 24.6 Å². The molecule has 9 nitrogen and oxygen atoms in total. The first-order valence-corrected chi connectivity index (χ1v) is 14.0. The van der Waals surface area contributed by atoms with Crippen molar-refractivity contribution in [2.45, 2.75) is 32.4 Å². The lowest BCUT2D eigenvalue weighted by Gasteiger charge is -2.28. The van der Waals surface area contributed by atoms with Crippen molar-refractivity contribution in [2.24, 2.45) is 5.92 Å². The summed E-state index contributed by atoms with van der Waals surface area (Å²) < 4.78 is 10.9. The molecular weight excluding hydrogens is 548 g/mol. The van der Waals surface area contributed by atoms with Gasteiger partial charge in [-0.2, -0.15) is 0 Å². The van der Waals surface area contributed by atoms with E-state index in [1.54, 1.807) is 24.3 Å². The fraction of sp³-hybridized carbons (Fsp3) is 0.265. The molecule has 0 bridgehead atoms. The Kier molecular flexibility index (Phi) is 10.3. The van der Waals surface area contributed by atoms with Gasteiger partial charge in [0.25, 0.3) is 0 Å². The van der Waals surface area contributed by atoms with Gasteiger partial charge in [-0.15, -0.1) is 0 Å².